The Labute approximate surface area is 127 Å². The minimum Gasteiger partial charge on any atom is -0.366 e. The van der Waals surface area contributed by atoms with Gasteiger partial charge in [-0.05, 0) is 29.8 Å². The summed E-state index contributed by atoms with van der Waals surface area (Å²) in [5, 5.41) is 3.09. The summed E-state index contributed by atoms with van der Waals surface area (Å²) in [5.74, 6) is -0.972. The average molecular weight is 304 g/mol. The molecule has 0 bridgehead atoms. The molecule has 5 nitrogen and oxygen atoms in total. The molecule has 3 N–H and O–H groups in total. The van der Waals surface area contributed by atoms with Gasteiger partial charge in [-0.2, -0.15) is 0 Å². The second-order valence-electron chi connectivity index (χ2n) is 4.48. The largest absolute Gasteiger partial charge is 0.366 e. The van der Waals surface area contributed by atoms with Crippen molar-refractivity contribution in [3.05, 3.63) is 63.9 Å². The fraction of sp³-hybridized carbons (Fsp3) is 0.133. The molecule has 1 aromatic heterocycles. The molecular weight excluding hydrogens is 290 g/mol. The predicted molar refractivity (Wildman–Crippen MR) is 80.4 cm³/mol. The Bertz CT molecular complexity index is 701. The van der Waals surface area contributed by atoms with E-state index in [2.05, 4.69) is 10.3 Å². The highest BCUT2D eigenvalue weighted by atomic mass is 35.5. The number of primary amides is 1. The molecule has 0 spiro atoms. The minimum atomic E-state index is -0.602. The van der Waals surface area contributed by atoms with Crippen molar-refractivity contribution in [3.8, 4) is 0 Å². The summed E-state index contributed by atoms with van der Waals surface area (Å²) in [7, 11) is 1.50. The second kappa shape index (κ2) is 6.37. The first-order valence-corrected chi connectivity index (χ1v) is 6.64. The van der Waals surface area contributed by atoms with Gasteiger partial charge < -0.3 is 11.1 Å². The Morgan fingerprint density at radius 1 is 1.29 bits per heavy atom. The maximum Gasteiger partial charge on any atom is 0.269 e. The van der Waals surface area contributed by atoms with Crippen LogP contribution in [0.25, 0.3) is 0 Å². The van der Waals surface area contributed by atoms with Gasteiger partial charge in [0.1, 0.15) is 5.69 Å². The van der Waals surface area contributed by atoms with Crippen LogP contribution >= 0.6 is 11.6 Å². The third-order valence-corrected chi connectivity index (χ3v) is 3.13. The molecule has 2 amide bonds. The number of halogens is 1. The van der Waals surface area contributed by atoms with Crippen LogP contribution in [-0.4, -0.2) is 23.8 Å². The lowest BCUT2D eigenvalue weighted by Gasteiger charge is -2.07. The van der Waals surface area contributed by atoms with Crippen LogP contribution in [0.2, 0.25) is 5.02 Å². The molecule has 0 aliphatic rings. The highest BCUT2D eigenvalue weighted by Gasteiger charge is 2.12. The summed E-state index contributed by atoms with van der Waals surface area (Å²) in [6.07, 6.45) is 0.450. The number of carbonyl (C=O) groups excluding carboxylic acids is 2. The zero-order valence-corrected chi connectivity index (χ0v) is 12.1. The Morgan fingerprint density at radius 2 is 2.05 bits per heavy atom. The lowest BCUT2D eigenvalue weighted by atomic mass is 10.1. The van der Waals surface area contributed by atoms with Crippen molar-refractivity contribution in [2.45, 2.75) is 6.42 Å². The molecule has 0 radical (unpaired) electrons. The Morgan fingerprint density at radius 3 is 2.67 bits per heavy atom. The van der Waals surface area contributed by atoms with Gasteiger partial charge in [0.25, 0.3) is 5.91 Å². The fourth-order valence-corrected chi connectivity index (χ4v) is 2.13. The smallest absolute Gasteiger partial charge is 0.269 e. The number of carbonyl (C=O) groups is 2. The second-order valence-corrected chi connectivity index (χ2v) is 4.92. The maximum absolute atomic E-state index is 11.7. The van der Waals surface area contributed by atoms with Gasteiger partial charge in [0.15, 0.2) is 0 Å². The van der Waals surface area contributed by atoms with E-state index in [-0.39, 0.29) is 17.2 Å². The van der Waals surface area contributed by atoms with Crippen LogP contribution in [0.5, 0.6) is 0 Å². The zero-order chi connectivity index (χ0) is 15.4. The quantitative estimate of drug-likeness (QED) is 0.903. The first kappa shape index (κ1) is 15.0. The van der Waals surface area contributed by atoms with Crippen molar-refractivity contribution in [2.75, 3.05) is 7.05 Å². The van der Waals surface area contributed by atoms with Crippen molar-refractivity contribution in [1.29, 1.82) is 0 Å². The molecule has 21 heavy (non-hydrogen) atoms. The SMILES string of the molecule is CNC(=O)c1cc(C(N)=O)cc(Cc2cccc(Cl)c2)n1. The average Bonchev–Trinajstić information content (AvgIpc) is 2.46. The Hall–Kier alpha value is -2.40. The number of hydrogen-bond donors (Lipinski definition) is 2. The molecule has 1 heterocycles. The van der Waals surface area contributed by atoms with Crippen LogP contribution in [0.15, 0.2) is 36.4 Å². The molecule has 0 saturated carbocycles. The first-order valence-electron chi connectivity index (χ1n) is 6.27. The van der Waals surface area contributed by atoms with E-state index in [1.54, 1.807) is 18.2 Å². The summed E-state index contributed by atoms with van der Waals surface area (Å²) in [6.45, 7) is 0. The number of aromatic nitrogens is 1. The topological polar surface area (TPSA) is 85.1 Å². The summed E-state index contributed by atoms with van der Waals surface area (Å²) in [4.78, 5) is 27.3. The minimum absolute atomic E-state index is 0.158. The summed E-state index contributed by atoms with van der Waals surface area (Å²) >= 11 is 5.94. The number of pyridine rings is 1. The van der Waals surface area contributed by atoms with Crippen molar-refractivity contribution < 1.29 is 9.59 Å². The molecule has 0 aliphatic carbocycles. The Balaban J connectivity index is 2.40. The van der Waals surface area contributed by atoms with Gasteiger partial charge in [0, 0.05) is 29.7 Å². The van der Waals surface area contributed by atoms with Crippen LogP contribution in [0.3, 0.4) is 0 Å². The van der Waals surface area contributed by atoms with Gasteiger partial charge in [-0.3, -0.25) is 9.59 Å². The van der Waals surface area contributed by atoms with Gasteiger partial charge in [-0.25, -0.2) is 4.98 Å². The van der Waals surface area contributed by atoms with Gasteiger partial charge >= 0.3 is 0 Å². The van der Waals surface area contributed by atoms with Crippen LogP contribution in [0.4, 0.5) is 0 Å². The molecule has 108 valence electrons. The van der Waals surface area contributed by atoms with E-state index in [4.69, 9.17) is 17.3 Å². The number of amides is 2. The number of nitrogens with zero attached hydrogens (tertiary/aromatic N) is 1. The van der Waals surface area contributed by atoms with Gasteiger partial charge in [0.2, 0.25) is 5.91 Å². The predicted octanol–water partition coefficient (Wildman–Crippen LogP) is 1.78. The molecule has 2 rings (SSSR count). The lowest BCUT2D eigenvalue weighted by molar-refractivity contribution is 0.0958. The fourth-order valence-electron chi connectivity index (χ4n) is 1.92. The monoisotopic (exact) mass is 303 g/mol. The van der Waals surface area contributed by atoms with Crippen molar-refractivity contribution in [2.24, 2.45) is 5.73 Å². The molecule has 2 aromatic rings. The van der Waals surface area contributed by atoms with Crippen molar-refractivity contribution in [3.63, 3.8) is 0 Å². The summed E-state index contributed by atoms with van der Waals surface area (Å²) in [5.41, 5.74) is 7.21. The molecular formula is C15H14ClN3O2. The number of nitrogens with two attached hydrogens (primary N) is 1. The van der Waals surface area contributed by atoms with Crippen molar-refractivity contribution in [1.82, 2.24) is 10.3 Å². The molecule has 0 fully saturated rings. The first-order chi connectivity index (χ1) is 9.99. The molecule has 0 atom stereocenters. The Kier molecular flexibility index (Phi) is 4.55. The highest BCUT2D eigenvalue weighted by Crippen LogP contribution is 2.15. The van der Waals surface area contributed by atoms with Gasteiger partial charge in [-0.15, -0.1) is 0 Å². The summed E-state index contributed by atoms with van der Waals surface area (Å²) < 4.78 is 0. The molecule has 0 aliphatic heterocycles. The number of benzene rings is 1. The number of nitrogens with one attached hydrogen (secondary N) is 1. The molecule has 0 unspecified atom stereocenters. The zero-order valence-electron chi connectivity index (χ0n) is 11.4. The molecule has 1 aromatic carbocycles. The van der Waals surface area contributed by atoms with Crippen LogP contribution < -0.4 is 11.1 Å². The number of hydrogen-bond acceptors (Lipinski definition) is 3. The van der Waals surface area contributed by atoms with E-state index < -0.39 is 5.91 Å². The molecule has 0 saturated heterocycles. The third-order valence-electron chi connectivity index (χ3n) is 2.90. The van der Waals surface area contributed by atoms with E-state index >= 15 is 0 Å². The van der Waals surface area contributed by atoms with Crippen LogP contribution in [-0.2, 0) is 6.42 Å². The van der Waals surface area contributed by atoms with E-state index in [0.29, 0.717) is 17.1 Å². The number of rotatable bonds is 4. The van der Waals surface area contributed by atoms with Gasteiger partial charge in [0.05, 0.1) is 0 Å². The van der Waals surface area contributed by atoms with E-state index in [9.17, 15) is 9.59 Å². The molecule has 6 heteroatoms. The third kappa shape index (κ3) is 3.79. The van der Waals surface area contributed by atoms with Crippen LogP contribution in [0.1, 0.15) is 32.1 Å². The normalized spacial score (nSPS) is 10.2. The van der Waals surface area contributed by atoms with Crippen molar-refractivity contribution >= 4 is 23.4 Å². The van der Waals surface area contributed by atoms with Gasteiger partial charge in [-0.1, -0.05) is 23.7 Å². The van der Waals surface area contributed by atoms with Crippen LogP contribution in [0, 0.1) is 0 Å². The van der Waals surface area contributed by atoms with E-state index in [0.717, 1.165) is 5.56 Å². The summed E-state index contributed by atoms with van der Waals surface area (Å²) in [6, 6.07) is 10.3. The van der Waals surface area contributed by atoms with E-state index in [1.807, 2.05) is 12.1 Å². The highest BCUT2D eigenvalue weighted by molar-refractivity contribution is 6.30. The standard InChI is InChI=1S/C15H14ClN3O2/c1-18-15(21)13-8-10(14(17)20)7-12(19-13)6-9-3-2-4-11(16)5-9/h2-5,7-8H,6H2,1H3,(H2,17,20)(H,18,21). The maximum atomic E-state index is 11.7. The lowest BCUT2D eigenvalue weighted by Crippen LogP contribution is -2.21. The van der Waals surface area contributed by atoms with E-state index in [1.165, 1.54) is 13.1 Å².